The van der Waals surface area contributed by atoms with E-state index in [1.807, 2.05) is 13.8 Å². The van der Waals surface area contributed by atoms with Gasteiger partial charge in [0.15, 0.2) is 0 Å². The normalized spacial score (nSPS) is 12.2. The number of carboxylic acid groups (broad SMARTS) is 1. The second-order valence-electron chi connectivity index (χ2n) is 4.96. The molecule has 0 aliphatic carbocycles. The number of carbonyl (C=O) groups excluding carboxylic acids is 1. The summed E-state index contributed by atoms with van der Waals surface area (Å²) in [6.07, 6.45) is 0.341. The molecular formula is C14H19NO4. The predicted molar refractivity (Wildman–Crippen MR) is 71.2 cm³/mol. The van der Waals surface area contributed by atoms with E-state index in [4.69, 9.17) is 5.11 Å². The van der Waals surface area contributed by atoms with Crippen LogP contribution in [0, 0.1) is 12.8 Å². The zero-order chi connectivity index (χ0) is 14.6. The Morgan fingerprint density at radius 1 is 1.32 bits per heavy atom. The number of phenolic OH excluding ortho intramolecular Hbond substituents is 1. The summed E-state index contributed by atoms with van der Waals surface area (Å²) in [5, 5.41) is 21.3. The lowest BCUT2D eigenvalue weighted by Gasteiger charge is -2.17. The number of phenols is 1. The van der Waals surface area contributed by atoms with Crippen LogP contribution < -0.4 is 5.32 Å². The van der Waals surface area contributed by atoms with Gasteiger partial charge >= 0.3 is 5.97 Å². The number of carboxylic acids is 1. The molecule has 0 unspecified atom stereocenters. The van der Waals surface area contributed by atoms with Gasteiger partial charge in [-0.05, 0) is 30.9 Å². The average Bonchev–Trinajstić information content (AvgIpc) is 2.31. The molecule has 0 fully saturated rings. The van der Waals surface area contributed by atoms with Crippen molar-refractivity contribution in [3.63, 3.8) is 0 Å². The highest BCUT2D eigenvalue weighted by Crippen LogP contribution is 2.21. The molecule has 1 atom stereocenters. The smallest absolute Gasteiger partial charge is 0.326 e. The van der Waals surface area contributed by atoms with Crippen LogP contribution in [0.15, 0.2) is 18.2 Å². The van der Waals surface area contributed by atoms with Crippen molar-refractivity contribution in [1.29, 1.82) is 0 Å². The van der Waals surface area contributed by atoms with E-state index in [0.29, 0.717) is 12.0 Å². The molecule has 3 N–H and O–H groups in total. The van der Waals surface area contributed by atoms with E-state index < -0.39 is 17.9 Å². The molecule has 0 saturated heterocycles. The maximum absolute atomic E-state index is 12.0. The summed E-state index contributed by atoms with van der Waals surface area (Å²) in [6.45, 7) is 5.44. The maximum atomic E-state index is 12.0. The Kier molecular flexibility index (Phi) is 4.92. The highest BCUT2D eigenvalue weighted by atomic mass is 16.4. The van der Waals surface area contributed by atoms with E-state index in [2.05, 4.69) is 5.32 Å². The van der Waals surface area contributed by atoms with Crippen LogP contribution in [0.5, 0.6) is 5.75 Å². The molecule has 1 amide bonds. The van der Waals surface area contributed by atoms with Crippen molar-refractivity contribution in [1.82, 2.24) is 5.32 Å². The van der Waals surface area contributed by atoms with E-state index in [0.717, 1.165) is 0 Å². The first-order chi connectivity index (χ1) is 8.82. The monoisotopic (exact) mass is 265 g/mol. The Hall–Kier alpha value is -2.04. The molecule has 0 bridgehead atoms. The predicted octanol–water partition coefficient (Wildman–Crippen LogP) is 1.93. The number of aliphatic carboxylic acids is 1. The second kappa shape index (κ2) is 6.22. The number of hydrogen-bond acceptors (Lipinski definition) is 3. The third-order valence-electron chi connectivity index (χ3n) is 2.79. The Labute approximate surface area is 112 Å². The number of carbonyl (C=O) groups is 2. The second-order valence-corrected chi connectivity index (χ2v) is 4.96. The third kappa shape index (κ3) is 3.98. The number of hydrogen-bond donors (Lipinski definition) is 3. The molecule has 1 rings (SSSR count). The van der Waals surface area contributed by atoms with Crippen molar-refractivity contribution >= 4 is 11.9 Å². The molecule has 19 heavy (non-hydrogen) atoms. The Morgan fingerprint density at radius 3 is 2.47 bits per heavy atom. The van der Waals surface area contributed by atoms with E-state index in [1.165, 1.54) is 6.07 Å². The van der Waals surface area contributed by atoms with Crippen LogP contribution in [0.1, 0.15) is 36.2 Å². The Bertz CT molecular complexity index is 482. The van der Waals surface area contributed by atoms with E-state index in [-0.39, 0.29) is 17.2 Å². The topological polar surface area (TPSA) is 86.6 Å². The Morgan fingerprint density at radius 2 is 1.95 bits per heavy atom. The summed E-state index contributed by atoms with van der Waals surface area (Å²) in [5.74, 6) is -1.62. The average molecular weight is 265 g/mol. The Balaban J connectivity index is 2.88. The molecular weight excluding hydrogens is 246 g/mol. The van der Waals surface area contributed by atoms with Gasteiger partial charge in [0.05, 0.1) is 5.56 Å². The minimum Gasteiger partial charge on any atom is -0.507 e. The number of para-hydroxylation sites is 1. The lowest BCUT2D eigenvalue weighted by molar-refractivity contribution is -0.139. The van der Waals surface area contributed by atoms with Crippen LogP contribution in [0.2, 0.25) is 0 Å². The summed E-state index contributed by atoms with van der Waals surface area (Å²) in [5.41, 5.74) is 0.665. The van der Waals surface area contributed by atoms with Gasteiger partial charge in [-0.25, -0.2) is 4.79 Å². The summed E-state index contributed by atoms with van der Waals surface area (Å²) in [7, 11) is 0. The zero-order valence-corrected chi connectivity index (χ0v) is 11.3. The van der Waals surface area contributed by atoms with Gasteiger partial charge in [0, 0.05) is 0 Å². The van der Waals surface area contributed by atoms with Gasteiger partial charge in [0.25, 0.3) is 5.91 Å². The molecule has 0 radical (unpaired) electrons. The first-order valence-electron chi connectivity index (χ1n) is 6.15. The van der Waals surface area contributed by atoms with Gasteiger partial charge in [-0.1, -0.05) is 26.0 Å². The quantitative estimate of drug-likeness (QED) is 0.759. The largest absolute Gasteiger partial charge is 0.507 e. The van der Waals surface area contributed by atoms with Crippen LogP contribution in [-0.2, 0) is 4.79 Å². The lowest BCUT2D eigenvalue weighted by atomic mass is 10.0. The van der Waals surface area contributed by atoms with Gasteiger partial charge in [-0.3, -0.25) is 4.79 Å². The van der Waals surface area contributed by atoms with Crippen molar-refractivity contribution in [2.24, 2.45) is 5.92 Å². The van der Waals surface area contributed by atoms with Gasteiger partial charge in [0.2, 0.25) is 0 Å². The molecule has 0 aromatic heterocycles. The lowest BCUT2D eigenvalue weighted by Crippen LogP contribution is -2.41. The van der Waals surface area contributed by atoms with Crippen molar-refractivity contribution in [2.75, 3.05) is 0 Å². The fourth-order valence-electron chi connectivity index (χ4n) is 1.77. The van der Waals surface area contributed by atoms with Crippen LogP contribution in [-0.4, -0.2) is 28.1 Å². The summed E-state index contributed by atoms with van der Waals surface area (Å²) in [4.78, 5) is 23.1. The fourth-order valence-corrected chi connectivity index (χ4v) is 1.77. The summed E-state index contributed by atoms with van der Waals surface area (Å²) < 4.78 is 0. The number of amides is 1. The van der Waals surface area contributed by atoms with Crippen LogP contribution in [0.25, 0.3) is 0 Å². The highest BCUT2D eigenvalue weighted by Gasteiger charge is 2.23. The first-order valence-corrected chi connectivity index (χ1v) is 6.15. The van der Waals surface area contributed by atoms with Crippen LogP contribution in [0.4, 0.5) is 0 Å². The van der Waals surface area contributed by atoms with Crippen molar-refractivity contribution in [3.05, 3.63) is 29.3 Å². The van der Waals surface area contributed by atoms with Gasteiger partial charge in [0.1, 0.15) is 11.8 Å². The molecule has 5 heteroatoms. The van der Waals surface area contributed by atoms with Crippen molar-refractivity contribution < 1.29 is 19.8 Å². The standard InChI is InChI=1S/C14H19NO4/c1-8(2)7-11(14(18)19)15-13(17)10-6-4-5-9(3)12(10)16/h4-6,8,11,16H,7H2,1-3H3,(H,15,17)(H,18,19)/t11-/m0/s1. The molecule has 0 heterocycles. The molecule has 0 saturated carbocycles. The van der Waals surface area contributed by atoms with E-state index in [1.54, 1.807) is 19.1 Å². The molecule has 1 aromatic carbocycles. The molecule has 1 aromatic rings. The minimum atomic E-state index is -1.07. The van der Waals surface area contributed by atoms with Crippen molar-refractivity contribution in [2.45, 2.75) is 33.2 Å². The first kappa shape index (κ1) is 15.0. The maximum Gasteiger partial charge on any atom is 0.326 e. The summed E-state index contributed by atoms with van der Waals surface area (Å²) in [6, 6.07) is 3.83. The van der Waals surface area contributed by atoms with Gasteiger partial charge in [-0.15, -0.1) is 0 Å². The number of aromatic hydroxyl groups is 1. The molecule has 0 spiro atoms. The highest BCUT2D eigenvalue weighted by molar-refractivity contribution is 5.99. The fraction of sp³-hybridized carbons (Fsp3) is 0.429. The van der Waals surface area contributed by atoms with Gasteiger partial charge < -0.3 is 15.5 Å². The number of benzene rings is 1. The molecule has 0 aliphatic rings. The van der Waals surface area contributed by atoms with Crippen LogP contribution >= 0.6 is 0 Å². The molecule has 0 aliphatic heterocycles. The number of aryl methyl sites for hydroxylation is 1. The van der Waals surface area contributed by atoms with E-state index >= 15 is 0 Å². The van der Waals surface area contributed by atoms with Crippen molar-refractivity contribution in [3.8, 4) is 5.75 Å². The SMILES string of the molecule is Cc1cccc(C(=O)N[C@@H](CC(C)C)C(=O)O)c1O. The minimum absolute atomic E-state index is 0.0926. The summed E-state index contributed by atoms with van der Waals surface area (Å²) >= 11 is 0. The third-order valence-corrected chi connectivity index (χ3v) is 2.79. The number of nitrogens with one attached hydrogen (secondary N) is 1. The number of rotatable bonds is 5. The molecule has 104 valence electrons. The molecule has 5 nitrogen and oxygen atoms in total. The van der Waals surface area contributed by atoms with Gasteiger partial charge in [-0.2, -0.15) is 0 Å². The zero-order valence-electron chi connectivity index (χ0n) is 11.3. The van der Waals surface area contributed by atoms with Crippen LogP contribution in [0.3, 0.4) is 0 Å². The van der Waals surface area contributed by atoms with E-state index in [9.17, 15) is 14.7 Å².